The third kappa shape index (κ3) is 2.90. The van der Waals surface area contributed by atoms with Gasteiger partial charge in [0.2, 0.25) is 5.82 Å². The first-order valence-corrected chi connectivity index (χ1v) is 7.34. The van der Waals surface area contributed by atoms with Gasteiger partial charge < -0.3 is 14.6 Å². The molecule has 3 aromatic rings. The Balaban J connectivity index is 2.10. The number of rotatable bonds is 4. The zero-order chi connectivity index (χ0) is 17.3. The number of hydrogen-bond donors (Lipinski definition) is 1. The Hall–Kier alpha value is -3.03. The summed E-state index contributed by atoms with van der Waals surface area (Å²) in [6.07, 6.45) is 0. The van der Waals surface area contributed by atoms with Crippen molar-refractivity contribution in [2.75, 3.05) is 11.9 Å². The van der Waals surface area contributed by atoms with Crippen molar-refractivity contribution in [1.29, 1.82) is 0 Å². The first-order chi connectivity index (χ1) is 11.5. The molecular weight excluding hydrogens is 315 g/mol. The summed E-state index contributed by atoms with van der Waals surface area (Å²) in [4.78, 5) is 20.2. The Bertz CT molecular complexity index is 923. The van der Waals surface area contributed by atoms with E-state index in [1.807, 2.05) is 0 Å². The van der Waals surface area contributed by atoms with Gasteiger partial charge >= 0.3 is 5.97 Å². The van der Waals surface area contributed by atoms with Gasteiger partial charge in [0.25, 0.3) is 5.71 Å². The van der Waals surface area contributed by atoms with E-state index < -0.39 is 5.97 Å². The lowest BCUT2D eigenvalue weighted by molar-refractivity contribution is 0.0512. The quantitative estimate of drug-likeness (QED) is 0.734. The van der Waals surface area contributed by atoms with Crippen LogP contribution in [0.1, 0.15) is 28.8 Å². The number of nitrogens with one attached hydrogen (secondary N) is 1. The molecule has 2 heterocycles. The highest BCUT2D eigenvalue weighted by molar-refractivity contribution is 5.94. The number of aryl methyl sites for hydroxylation is 2. The van der Waals surface area contributed by atoms with Crippen LogP contribution in [0.25, 0.3) is 11.1 Å². The second-order valence-corrected chi connectivity index (χ2v) is 5.15. The summed E-state index contributed by atoms with van der Waals surface area (Å²) >= 11 is 0. The van der Waals surface area contributed by atoms with Crippen LogP contribution in [0.4, 0.5) is 15.9 Å². The average Bonchev–Trinajstić information content (AvgIpc) is 2.92. The number of hydrogen-bond acceptors (Lipinski definition) is 7. The third-order valence-corrected chi connectivity index (χ3v) is 3.41. The van der Waals surface area contributed by atoms with Crippen molar-refractivity contribution in [2.45, 2.75) is 20.8 Å². The van der Waals surface area contributed by atoms with Crippen LogP contribution in [0.5, 0.6) is 0 Å². The van der Waals surface area contributed by atoms with E-state index in [4.69, 9.17) is 9.26 Å². The number of nitrogens with zero attached hydrogens (tertiary/aromatic N) is 3. The molecule has 8 heteroatoms. The molecule has 0 saturated heterocycles. The Morgan fingerprint density at radius 2 is 2.12 bits per heavy atom. The first-order valence-electron chi connectivity index (χ1n) is 7.34. The molecule has 2 aromatic heterocycles. The Labute approximate surface area is 136 Å². The molecule has 0 radical (unpaired) electrons. The molecule has 24 heavy (non-hydrogen) atoms. The maximum atomic E-state index is 13.3. The maximum Gasteiger partial charge on any atom is 0.376 e. The van der Waals surface area contributed by atoms with Gasteiger partial charge in [-0.25, -0.2) is 14.2 Å². The molecule has 0 atom stereocenters. The van der Waals surface area contributed by atoms with Gasteiger partial charge in [0.05, 0.1) is 12.3 Å². The summed E-state index contributed by atoms with van der Waals surface area (Å²) in [5.41, 5.74) is 2.08. The number of halogens is 1. The molecule has 3 rings (SSSR count). The van der Waals surface area contributed by atoms with Crippen LogP contribution in [-0.2, 0) is 4.74 Å². The Morgan fingerprint density at radius 3 is 2.83 bits per heavy atom. The number of esters is 1. The second kappa shape index (κ2) is 6.23. The molecule has 1 aromatic carbocycles. The number of ether oxygens (including phenoxy) is 1. The number of fused-ring (bicyclic) bond motifs is 1. The molecule has 0 amide bonds. The standard InChI is InChI=1S/C16H15FN4O3/c1-4-23-16(22)14-19-13(12-9(3)21-24-15(12)20-14)18-11-6-5-10(17)7-8(11)2/h5-7H,4H2,1-3H3,(H,18,19,20). The van der Waals surface area contributed by atoms with Crippen LogP contribution >= 0.6 is 0 Å². The fraction of sp³-hybridized carbons (Fsp3) is 0.250. The van der Waals surface area contributed by atoms with Gasteiger partial charge in [-0.15, -0.1) is 0 Å². The SMILES string of the molecule is CCOC(=O)c1nc(Nc2ccc(F)cc2C)c2c(C)noc2n1. The highest BCUT2D eigenvalue weighted by atomic mass is 19.1. The van der Waals surface area contributed by atoms with E-state index in [1.165, 1.54) is 12.1 Å². The molecule has 1 N–H and O–H groups in total. The Kier molecular flexibility index (Phi) is 4.11. The molecular formula is C16H15FN4O3. The summed E-state index contributed by atoms with van der Waals surface area (Å²) in [5.74, 6) is -0.786. The van der Waals surface area contributed by atoms with Gasteiger partial charge in [-0.1, -0.05) is 5.16 Å². The van der Waals surface area contributed by atoms with E-state index in [2.05, 4.69) is 20.4 Å². The highest BCUT2D eigenvalue weighted by Crippen LogP contribution is 2.28. The summed E-state index contributed by atoms with van der Waals surface area (Å²) in [6, 6.07) is 4.32. The van der Waals surface area contributed by atoms with E-state index in [-0.39, 0.29) is 24.0 Å². The Morgan fingerprint density at radius 1 is 1.33 bits per heavy atom. The predicted octanol–water partition coefficient (Wildman–Crippen LogP) is 3.29. The van der Waals surface area contributed by atoms with Gasteiger partial charge in [-0.2, -0.15) is 4.98 Å². The van der Waals surface area contributed by atoms with Crippen LogP contribution < -0.4 is 5.32 Å². The topological polar surface area (TPSA) is 90.1 Å². The third-order valence-electron chi connectivity index (χ3n) is 3.41. The largest absolute Gasteiger partial charge is 0.460 e. The van der Waals surface area contributed by atoms with Crippen molar-refractivity contribution in [3.05, 3.63) is 41.1 Å². The normalized spacial score (nSPS) is 10.8. The summed E-state index contributed by atoms with van der Waals surface area (Å²) < 4.78 is 23.3. The monoisotopic (exact) mass is 330 g/mol. The van der Waals surface area contributed by atoms with Gasteiger partial charge in [0.1, 0.15) is 17.0 Å². The summed E-state index contributed by atoms with van der Waals surface area (Å²) in [6.45, 7) is 5.39. The lowest BCUT2D eigenvalue weighted by atomic mass is 10.2. The maximum absolute atomic E-state index is 13.3. The fourth-order valence-corrected chi connectivity index (χ4v) is 2.26. The number of benzene rings is 1. The lowest BCUT2D eigenvalue weighted by Gasteiger charge is -2.10. The fourth-order valence-electron chi connectivity index (χ4n) is 2.26. The predicted molar refractivity (Wildman–Crippen MR) is 84.7 cm³/mol. The minimum Gasteiger partial charge on any atom is -0.460 e. The summed E-state index contributed by atoms with van der Waals surface area (Å²) in [5, 5.41) is 7.48. The molecule has 0 aliphatic carbocycles. The van der Waals surface area contributed by atoms with Crippen LogP contribution in [0.3, 0.4) is 0 Å². The van der Waals surface area contributed by atoms with E-state index >= 15 is 0 Å². The molecule has 0 spiro atoms. The molecule has 0 aliphatic rings. The van der Waals surface area contributed by atoms with Crippen molar-refractivity contribution in [3.63, 3.8) is 0 Å². The van der Waals surface area contributed by atoms with Crippen LogP contribution in [0, 0.1) is 19.7 Å². The van der Waals surface area contributed by atoms with Crippen molar-refractivity contribution in [2.24, 2.45) is 0 Å². The van der Waals surface area contributed by atoms with Crippen molar-refractivity contribution >= 4 is 28.6 Å². The number of aromatic nitrogens is 3. The second-order valence-electron chi connectivity index (χ2n) is 5.15. The molecule has 0 aliphatic heterocycles. The van der Waals surface area contributed by atoms with Gasteiger partial charge in [-0.05, 0) is 44.5 Å². The molecule has 124 valence electrons. The number of carbonyl (C=O) groups is 1. The average molecular weight is 330 g/mol. The zero-order valence-corrected chi connectivity index (χ0v) is 13.4. The number of carbonyl (C=O) groups excluding carboxylic acids is 1. The first kappa shape index (κ1) is 15.9. The molecule has 0 unspecified atom stereocenters. The van der Waals surface area contributed by atoms with Crippen molar-refractivity contribution in [1.82, 2.24) is 15.1 Å². The zero-order valence-electron chi connectivity index (χ0n) is 13.4. The van der Waals surface area contributed by atoms with Gasteiger partial charge in [0, 0.05) is 5.69 Å². The summed E-state index contributed by atoms with van der Waals surface area (Å²) in [7, 11) is 0. The van der Waals surface area contributed by atoms with Crippen molar-refractivity contribution < 1.29 is 18.4 Å². The minimum atomic E-state index is -0.660. The van der Waals surface area contributed by atoms with E-state index in [9.17, 15) is 9.18 Å². The van der Waals surface area contributed by atoms with Gasteiger partial charge in [-0.3, -0.25) is 0 Å². The highest BCUT2D eigenvalue weighted by Gasteiger charge is 2.20. The smallest absolute Gasteiger partial charge is 0.376 e. The molecule has 0 bridgehead atoms. The van der Waals surface area contributed by atoms with E-state index in [0.717, 1.165) is 0 Å². The van der Waals surface area contributed by atoms with Gasteiger partial charge in [0.15, 0.2) is 0 Å². The van der Waals surface area contributed by atoms with E-state index in [0.29, 0.717) is 28.1 Å². The van der Waals surface area contributed by atoms with Crippen LogP contribution in [0.15, 0.2) is 22.7 Å². The molecule has 7 nitrogen and oxygen atoms in total. The molecule has 0 saturated carbocycles. The lowest BCUT2D eigenvalue weighted by Crippen LogP contribution is -2.11. The van der Waals surface area contributed by atoms with Crippen molar-refractivity contribution in [3.8, 4) is 0 Å². The number of anilines is 2. The molecule has 0 fully saturated rings. The van der Waals surface area contributed by atoms with Crippen LogP contribution in [0.2, 0.25) is 0 Å². The van der Waals surface area contributed by atoms with Crippen LogP contribution in [-0.4, -0.2) is 27.7 Å². The van der Waals surface area contributed by atoms with E-state index in [1.54, 1.807) is 26.8 Å². The minimum absolute atomic E-state index is 0.136.